The van der Waals surface area contributed by atoms with Crippen LogP contribution in [0.25, 0.3) is 6.08 Å². The summed E-state index contributed by atoms with van der Waals surface area (Å²) in [5.74, 6) is 2.44. The molecule has 1 unspecified atom stereocenters. The van der Waals surface area contributed by atoms with Gasteiger partial charge in [-0.15, -0.1) is 0 Å². The summed E-state index contributed by atoms with van der Waals surface area (Å²) in [5.41, 5.74) is 1.88. The van der Waals surface area contributed by atoms with Gasteiger partial charge in [-0.05, 0) is 37.1 Å². The molecule has 6 nitrogen and oxygen atoms in total. The lowest BCUT2D eigenvalue weighted by Crippen LogP contribution is -3.12. The summed E-state index contributed by atoms with van der Waals surface area (Å²) in [6, 6.07) is 8.70. The Hall–Kier alpha value is -2.99. The van der Waals surface area contributed by atoms with Crippen LogP contribution < -0.4 is 19.1 Å². The number of piperidine rings is 1. The maximum atomic E-state index is 13.0. The van der Waals surface area contributed by atoms with E-state index < -0.39 is 0 Å². The number of hydrogen-bond acceptors (Lipinski definition) is 5. The van der Waals surface area contributed by atoms with E-state index in [1.54, 1.807) is 38.5 Å². The van der Waals surface area contributed by atoms with Crippen LogP contribution in [0, 0.1) is 5.92 Å². The molecule has 0 saturated carbocycles. The Bertz CT molecular complexity index is 997. The number of phenolic OH excluding ortho intramolecular Hbond substituents is 1. The minimum Gasteiger partial charge on any atom is -0.507 e. The first-order chi connectivity index (χ1) is 14.5. The standard InChI is InChI=1S/C24H27NO5/c1-15-6-5-11-25(13-15)14-18-19(26)10-9-17-22(27)21(30-24(17)18)12-16-7-4-8-20(28-2)23(16)29-3/h4,7-10,12,15,26H,5-6,11,13-14H2,1-3H3/p+1/t15-/m0/s1. The van der Waals surface area contributed by atoms with Gasteiger partial charge in [0.25, 0.3) is 0 Å². The summed E-state index contributed by atoms with van der Waals surface area (Å²) >= 11 is 0. The van der Waals surface area contributed by atoms with Gasteiger partial charge in [0, 0.05) is 11.5 Å². The second kappa shape index (κ2) is 8.40. The Morgan fingerprint density at radius 3 is 2.80 bits per heavy atom. The molecule has 30 heavy (non-hydrogen) atoms. The molecule has 0 bridgehead atoms. The number of fused-ring (bicyclic) bond motifs is 1. The van der Waals surface area contributed by atoms with Crippen molar-refractivity contribution in [2.45, 2.75) is 26.3 Å². The van der Waals surface area contributed by atoms with E-state index in [-0.39, 0.29) is 17.3 Å². The van der Waals surface area contributed by atoms with Crippen LogP contribution >= 0.6 is 0 Å². The number of quaternary nitrogens is 1. The number of hydrogen-bond donors (Lipinski definition) is 2. The van der Waals surface area contributed by atoms with Gasteiger partial charge in [0.1, 0.15) is 12.3 Å². The zero-order valence-electron chi connectivity index (χ0n) is 17.7. The molecule has 4 rings (SSSR count). The molecule has 1 saturated heterocycles. The quantitative estimate of drug-likeness (QED) is 0.742. The van der Waals surface area contributed by atoms with Crippen molar-refractivity contribution in [3.8, 4) is 23.0 Å². The van der Waals surface area contributed by atoms with E-state index in [4.69, 9.17) is 14.2 Å². The molecule has 2 aliphatic heterocycles. The Balaban J connectivity index is 1.67. The number of benzene rings is 2. The lowest BCUT2D eigenvalue weighted by molar-refractivity contribution is -0.922. The molecule has 0 spiro atoms. The number of carbonyl (C=O) groups is 1. The molecular formula is C24H28NO5+. The number of rotatable bonds is 5. The van der Waals surface area contributed by atoms with Crippen molar-refractivity contribution < 1.29 is 29.0 Å². The van der Waals surface area contributed by atoms with Gasteiger partial charge >= 0.3 is 0 Å². The lowest BCUT2D eigenvalue weighted by atomic mass is 9.99. The molecule has 0 aromatic heterocycles. The number of ketones is 1. The number of ether oxygens (including phenoxy) is 3. The van der Waals surface area contributed by atoms with Crippen molar-refractivity contribution in [2.75, 3.05) is 27.3 Å². The summed E-state index contributed by atoms with van der Waals surface area (Å²) in [4.78, 5) is 14.4. The Morgan fingerprint density at radius 1 is 1.23 bits per heavy atom. The van der Waals surface area contributed by atoms with Gasteiger partial charge in [-0.25, -0.2) is 0 Å². The number of likely N-dealkylation sites (tertiary alicyclic amines) is 1. The lowest BCUT2D eigenvalue weighted by Gasteiger charge is -2.28. The van der Waals surface area contributed by atoms with E-state index in [1.807, 2.05) is 12.1 Å². The first kappa shape index (κ1) is 20.3. The number of allylic oxidation sites excluding steroid dienone is 1. The van der Waals surface area contributed by atoms with Gasteiger partial charge in [0.15, 0.2) is 23.0 Å². The molecular weight excluding hydrogens is 382 g/mol. The van der Waals surface area contributed by atoms with Crippen LogP contribution in [0.5, 0.6) is 23.0 Å². The molecule has 6 heteroatoms. The van der Waals surface area contributed by atoms with Gasteiger partial charge in [0.05, 0.1) is 38.4 Å². The average Bonchev–Trinajstić information content (AvgIpc) is 3.05. The zero-order chi connectivity index (χ0) is 21.3. The van der Waals surface area contributed by atoms with Gasteiger partial charge in [-0.3, -0.25) is 4.79 Å². The molecule has 2 aliphatic rings. The van der Waals surface area contributed by atoms with E-state index in [0.29, 0.717) is 46.4 Å². The maximum Gasteiger partial charge on any atom is 0.231 e. The largest absolute Gasteiger partial charge is 0.507 e. The van der Waals surface area contributed by atoms with Crippen LogP contribution in [0.3, 0.4) is 0 Å². The highest BCUT2D eigenvalue weighted by molar-refractivity contribution is 6.15. The van der Waals surface area contributed by atoms with Crippen LogP contribution in [0.2, 0.25) is 0 Å². The number of phenols is 1. The SMILES string of the molecule is COc1cccc(C=C2Oc3c(ccc(O)c3C[NH+]3CCC[C@H](C)C3)C2=O)c1OC. The predicted molar refractivity (Wildman–Crippen MR) is 113 cm³/mol. The van der Waals surface area contributed by atoms with Gasteiger partial charge < -0.3 is 24.2 Å². The number of nitrogens with one attached hydrogen (secondary N) is 1. The summed E-state index contributed by atoms with van der Waals surface area (Å²) in [7, 11) is 3.13. The first-order valence-electron chi connectivity index (χ1n) is 10.4. The van der Waals surface area contributed by atoms with Crippen molar-refractivity contribution in [3.05, 3.63) is 52.8 Å². The summed E-state index contributed by atoms with van der Waals surface area (Å²) < 4.78 is 16.8. The van der Waals surface area contributed by atoms with Crippen LogP contribution in [0.4, 0.5) is 0 Å². The molecule has 1 fully saturated rings. The highest BCUT2D eigenvalue weighted by atomic mass is 16.5. The number of aromatic hydroxyl groups is 1. The van der Waals surface area contributed by atoms with Gasteiger partial charge in [-0.2, -0.15) is 0 Å². The second-order valence-corrected chi connectivity index (χ2v) is 8.09. The molecule has 0 amide bonds. The fourth-order valence-electron chi connectivity index (χ4n) is 4.44. The molecule has 2 heterocycles. The van der Waals surface area contributed by atoms with Crippen LogP contribution in [0.1, 0.15) is 41.3 Å². The highest BCUT2D eigenvalue weighted by Gasteiger charge is 2.33. The summed E-state index contributed by atoms with van der Waals surface area (Å²) in [6.07, 6.45) is 4.08. The Labute approximate surface area is 176 Å². The number of carbonyl (C=O) groups excluding carboxylic acids is 1. The van der Waals surface area contributed by atoms with Gasteiger partial charge in [-0.1, -0.05) is 19.1 Å². The fraction of sp³-hybridized carbons (Fsp3) is 0.375. The molecule has 158 valence electrons. The predicted octanol–water partition coefficient (Wildman–Crippen LogP) is 2.84. The van der Waals surface area contributed by atoms with Crippen LogP contribution in [-0.2, 0) is 6.54 Å². The molecule has 2 atom stereocenters. The van der Waals surface area contributed by atoms with Gasteiger partial charge in [0.2, 0.25) is 5.78 Å². The maximum absolute atomic E-state index is 13.0. The first-order valence-corrected chi connectivity index (χ1v) is 10.4. The fourth-order valence-corrected chi connectivity index (χ4v) is 4.44. The van der Waals surface area contributed by atoms with E-state index in [2.05, 4.69) is 6.92 Å². The highest BCUT2D eigenvalue weighted by Crippen LogP contribution is 2.40. The minimum atomic E-state index is -0.196. The van der Waals surface area contributed by atoms with Crippen LogP contribution in [-0.4, -0.2) is 38.2 Å². The third-order valence-electron chi connectivity index (χ3n) is 5.93. The molecule has 0 radical (unpaired) electrons. The summed E-state index contributed by atoms with van der Waals surface area (Å²) in [6.45, 7) is 5.02. The van der Waals surface area contributed by atoms with E-state index >= 15 is 0 Å². The van der Waals surface area contributed by atoms with Crippen molar-refractivity contribution in [2.24, 2.45) is 5.92 Å². The van der Waals surface area contributed by atoms with E-state index in [0.717, 1.165) is 13.1 Å². The van der Waals surface area contributed by atoms with Crippen molar-refractivity contribution >= 4 is 11.9 Å². The number of Topliss-reactive ketones (excluding diaryl/α,β-unsaturated/α-hetero) is 1. The Morgan fingerprint density at radius 2 is 2.07 bits per heavy atom. The smallest absolute Gasteiger partial charge is 0.231 e. The normalized spacial score (nSPS) is 22.0. The number of methoxy groups -OCH3 is 2. The zero-order valence-corrected chi connectivity index (χ0v) is 17.7. The molecule has 2 aromatic rings. The third kappa shape index (κ3) is 3.75. The van der Waals surface area contributed by atoms with Crippen molar-refractivity contribution in [1.29, 1.82) is 0 Å². The van der Waals surface area contributed by atoms with Crippen molar-refractivity contribution in [1.82, 2.24) is 0 Å². The third-order valence-corrected chi connectivity index (χ3v) is 5.93. The molecule has 2 aromatic carbocycles. The topological polar surface area (TPSA) is 69.4 Å². The summed E-state index contributed by atoms with van der Waals surface area (Å²) in [5, 5.41) is 10.5. The monoisotopic (exact) mass is 410 g/mol. The Kier molecular flexibility index (Phi) is 5.68. The van der Waals surface area contributed by atoms with Crippen molar-refractivity contribution in [3.63, 3.8) is 0 Å². The second-order valence-electron chi connectivity index (χ2n) is 8.09. The minimum absolute atomic E-state index is 0.174. The molecule has 0 aliphatic carbocycles. The average molecular weight is 410 g/mol. The van der Waals surface area contributed by atoms with E-state index in [1.165, 1.54) is 17.7 Å². The number of para-hydroxylation sites is 1. The van der Waals surface area contributed by atoms with E-state index in [9.17, 15) is 9.90 Å². The molecule has 2 N–H and O–H groups in total. The van der Waals surface area contributed by atoms with Crippen LogP contribution in [0.15, 0.2) is 36.1 Å².